The maximum absolute atomic E-state index is 13.3. The van der Waals surface area contributed by atoms with Gasteiger partial charge in [0.05, 0.1) is 11.6 Å². The molecule has 1 spiro atoms. The van der Waals surface area contributed by atoms with Crippen LogP contribution in [0.3, 0.4) is 0 Å². The normalized spacial score (nSPS) is 20.7. The molecular weight excluding hydrogens is 348 g/mol. The van der Waals surface area contributed by atoms with E-state index in [1.165, 1.54) is 16.7 Å². The van der Waals surface area contributed by atoms with E-state index in [1.807, 2.05) is 34.7 Å². The number of aryl methyl sites for hydroxylation is 2. The molecule has 2 aromatic carbocycles. The number of hydrogen-bond acceptors (Lipinski definition) is 2. The van der Waals surface area contributed by atoms with Crippen LogP contribution in [0.2, 0.25) is 0 Å². The van der Waals surface area contributed by atoms with Crippen molar-refractivity contribution in [2.24, 2.45) is 7.05 Å². The van der Waals surface area contributed by atoms with E-state index in [4.69, 9.17) is 0 Å². The summed E-state index contributed by atoms with van der Waals surface area (Å²) in [5.74, 6) is 0.0914. The Morgan fingerprint density at radius 2 is 1.86 bits per heavy atom. The number of likely N-dealkylation sites (tertiary alicyclic amines) is 1. The number of carbonyl (C=O) groups is 1. The third-order valence-electron chi connectivity index (χ3n) is 7.02. The summed E-state index contributed by atoms with van der Waals surface area (Å²) in [7, 11) is 1.98. The lowest BCUT2D eigenvalue weighted by atomic mass is 9.72. The van der Waals surface area contributed by atoms with Crippen molar-refractivity contribution in [3.63, 3.8) is 0 Å². The highest BCUT2D eigenvalue weighted by atomic mass is 16.3. The minimum absolute atomic E-state index is 0.0914. The maximum atomic E-state index is 13.3. The molecule has 4 nitrogen and oxygen atoms in total. The molecule has 1 atom stereocenters. The second-order valence-electron chi connectivity index (χ2n) is 8.43. The van der Waals surface area contributed by atoms with Gasteiger partial charge in [0.2, 0.25) is 0 Å². The fourth-order valence-corrected chi connectivity index (χ4v) is 5.47. The highest BCUT2D eigenvalue weighted by Gasteiger charge is 2.48. The van der Waals surface area contributed by atoms with Gasteiger partial charge in [-0.2, -0.15) is 0 Å². The zero-order valence-electron chi connectivity index (χ0n) is 16.5. The molecule has 0 radical (unpaired) electrons. The third kappa shape index (κ3) is 2.37. The van der Waals surface area contributed by atoms with Crippen molar-refractivity contribution < 1.29 is 9.90 Å². The molecule has 1 unspecified atom stereocenters. The second kappa shape index (κ2) is 6.21. The van der Waals surface area contributed by atoms with Gasteiger partial charge in [-0.1, -0.05) is 42.5 Å². The molecule has 1 aliphatic heterocycles. The SMILES string of the molecule is Cc1cccc2cc(C(=O)N3CCC4(CC3)c3ccccc3CC4O)n(C)c12. The number of piperidine rings is 1. The van der Waals surface area contributed by atoms with Gasteiger partial charge in [-0.25, -0.2) is 0 Å². The molecule has 0 saturated carbocycles. The van der Waals surface area contributed by atoms with Gasteiger partial charge in [-0.05, 0) is 48.9 Å². The molecule has 1 saturated heterocycles. The van der Waals surface area contributed by atoms with E-state index in [1.54, 1.807) is 0 Å². The Kier molecular flexibility index (Phi) is 3.88. The van der Waals surface area contributed by atoms with Crippen LogP contribution in [0.4, 0.5) is 0 Å². The molecule has 1 N–H and O–H groups in total. The van der Waals surface area contributed by atoms with Crippen LogP contribution in [0.1, 0.15) is 40.0 Å². The molecular formula is C24H26N2O2. The van der Waals surface area contributed by atoms with E-state index < -0.39 is 0 Å². The standard InChI is InChI=1S/C24H26N2O2/c1-16-6-5-8-18-14-20(25(2)22(16)18)23(28)26-12-10-24(11-13-26)19-9-4-3-7-17(19)15-21(24)27/h3-9,14,21,27H,10-13,15H2,1-2H3. The first-order valence-corrected chi connectivity index (χ1v) is 10.1. The number of aromatic nitrogens is 1. The number of amides is 1. The number of carbonyl (C=O) groups excluding carboxylic acids is 1. The summed E-state index contributed by atoms with van der Waals surface area (Å²) in [6, 6.07) is 16.6. The lowest BCUT2D eigenvalue weighted by Gasteiger charge is -2.42. The van der Waals surface area contributed by atoms with E-state index in [-0.39, 0.29) is 17.4 Å². The van der Waals surface area contributed by atoms with E-state index in [0.29, 0.717) is 13.1 Å². The van der Waals surface area contributed by atoms with E-state index in [9.17, 15) is 9.90 Å². The van der Waals surface area contributed by atoms with Gasteiger partial charge in [0.1, 0.15) is 5.69 Å². The predicted octanol–water partition coefficient (Wildman–Crippen LogP) is 3.58. The van der Waals surface area contributed by atoms with Crippen LogP contribution < -0.4 is 0 Å². The monoisotopic (exact) mass is 374 g/mol. The van der Waals surface area contributed by atoms with Crippen molar-refractivity contribution >= 4 is 16.8 Å². The number of fused-ring (bicyclic) bond motifs is 3. The van der Waals surface area contributed by atoms with Crippen molar-refractivity contribution in [2.45, 2.75) is 37.7 Å². The van der Waals surface area contributed by atoms with Gasteiger partial charge in [0.15, 0.2) is 0 Å². The van der Waals surface area contributed by atoms with Crippen molar-refractivity contribution in [1.29, 1.82) is 0 Å². The molecule has 3 aromatic rings. The summed E-state index contributed by atoms with van der Waals surface area (Å²) in [6.07, 6.45) is 2.02. The fraction of sp³-hybridized carbons (Fsp3) is 0.375. The minimum atomic E-state index is -0.345. The van der Waals surface area contributed by atoms with Crippen LogP contribution in [0.15, 0.2) is 48.5 Å². The molecule has 2 aliphatic rings. The number of aliphatic hydroxyl groups excluding tert-OH is 1. The summed E-state index contributed by atoms with van der Waals surface area (Å²) in [6.45, 7) is 3.45. The summed E-state index contributed by atoms with van der Waals surface area (Å²) in [5, 5.41) is 11.9. The summed E-state index contributed by atoms with van der Waals surface area (Å²) >= 11 is 0. The topological polar surface area (TPSA) is 45.5 Å². The van der Waals surface area contributed by atoms with Gasteiger partial charge in [-0.15, -0.1) is 0 Å². The number of hydrogen-bond donors (Lipinski definition) is 1. The average Bonchev–Trinajstić information content (AvgIpc) is 3.18. The molecule has 4 heteroatoms. The zero-order chi connectivity index (χ0) is 19.5. The summed E-state index contributed by atoms with van der Waals surface area (Å²) in [4.78, 5) is 15.2. The van der Waals surface area contributed by atoms with Gasteiger partial charge < -0.3 is 14.6 Å². The largest absolute Gasteiger partial charge is 0.392 e. The zero-order valence-corrected chi connectivity index (χ0v) is 16.5. The van der Waals surface area contributed by atoms with E-state index in [2.05, 4.69) is 37.3 Å². The van der Waals surface area contributed by atoms with Crippen molar-refractivity contribution in [3.8, 4) is 0 Å². The van der Waals surface area contributed by atoms with Crippen LogP contribution in [0, 0.1) is 6.92 Å². The molecule has 2 heterocycles. The number of aliphatic hydroxyl groups is 1. The lowest BCUT2D eigenvalue weighted by molar-refractivity contribution is 0.0361. The van der Waals surface area contributed by atoms with Crippen molar-refractivity contribution in [2.75, 3.05) is 13.1 Å². The smallest absolute Gasteiger partial charge is 0.270 e. The first-order chi connectivity index (χ1) is 13.5. The van der Waals surface area contributed by atoms with Crippen molar-refractivity contribution in [1.82, 2.24) is 9.47 Å². The molecule has 1 aromatic heterocycles. The number of benzene rings is 2. The van der Waals surface area contributed by atoms with E-state index in [0.717, 1.165) is 35.9 Å². The van der Waals surface area contributed by atoms with Gasteiger partial charge in [-0.3, -0.25) is 4.79 Å². The van der Waals surface area contributed by atoms with Crippen molar-refractivity contribution in [3.05, 3.63) is 70.9 Å². The number of nitrogens with zero attached hydrogens (tertiary/aromatic N) is 2. The Bertz CT molecular complexity index is 1070. The van der Waals surface area contributed by atoms with E-state index >= 15 is 0 Å². The minimum Gasteiger partial charge on any atom is -0.392 e. The third-order valence-corrected chi connectivity index (χ3v) is 7.02. The average molecular weight is 374 g/mol. The summed E-state index contributed by atoms with van der Waals surface area (Å²) in [5.41, 5.74) is 5.41. The Hall–Kier alpha value is -2.59. The molecule has 28 heavy (non-hydrogen) atoms. The molecule has 144 valence electrons. The molecule has 1 amide bonds. The molecule has 1 aliphatic carbocycles. The first kappa shape index (κ1) is 17.5. The fourth-order valence-electron chi connectivity index (χ4n) is 5.47. The van der Waals surface area contributed by atoms with Gasteiger partial charge >= 0.3 is 0 Å². The van der Waals surface area contributed by atoms with Gasteiger partial charge in [0, 0.05) is 30.9 Å². The lowest BCUT2D eigenvalue weighted by Crippen LogP contribution is -2.49. The Morgan fingerprint density at radius 1 is 1.11 bits per heavy atom. The Labute approximate surface area is 165 Å². The van der Waals surface area contributed by atoms with Crippen LogP contribution in [0.25, 0.3) is 10.9 Å². The predicted molar refractivity (Wildman–Crippen MR) is 111 cm³/mol. The van der Waals surface area contributed by atoms with Crippen LogP contribution in [0.5, 0.6) is 0 Å². The molecule has 0 bridgehead atoms. The molecule has 5 rings (SSSR count). The number of rotatable bonds is 1. The first-order valence-electron chi connectivity index (χ1n) is 10.1. The highest BCUT2D eigenvalue weighted by molar-refractivity contribution is 5.99. The van der Waals surface area contributed by atoms with Gasteiger partial charge in [0.25, 0.3) is 5.91 Å². The quantitative estimate of drug-likeness (QED) is 0.708. The Morgan fingerprint density at radius 3 is 2.61 bits per heavy atom. The van der Waals surface area contributed by atoms with Crippen LogP contribution in [-0.2, 0) is 18.9 Å². The number of para-hydroxylation sites is 1. The Balaban J connectivity index is 1.42. The highest BCUT2D eigenvalue weighted by Crippen LogP contribution is 2.46. The van der Waals surface area contributed by atoms with Crippen LogP contribution >= 0.6 is 0 Å². The molecule has 1 fully saturated rings. The van der Waals surface area contributed by atoms with Crippen LogP contribution in [-0.4, -0.2) is 39.7 Å². The maximum Gasteiger partial charge on any atom is 0.270 e. The summed E-state index contributed by atoms with van der Waals surface area (Å²) < 4.78 is 2.02. The second-order valence-corrected chi connectivity index (χ2v) is 8.43.